The van der Waals surface area contributed by atoms with Crippen LogP contribution in [-0.2, 0) is 4.74 Å². The molecule has 0 unspecified atom stereocenters. The van der Waals surface area contributed by atoms with Crippen LogP contribution >= 0.6 is 0 Å². The summed E-state index contributed by atoms with van der Waals surface area (Å²) >= 11 is 0. The summed E-state index contributed by atoms with van der Waals surface area (Å²) in [6.07, 6.45) is 18.5. The number of hydrogen-bond acceptors (Lipinski definition) is 2. The Hall–Kier alpha value is -1.31. The van der Waals surface area contributed by atoms with Crippen LogP contribution < -0.4 is 0 Å². The summed E-state index contributed by atoms with van der Waals surface area (Å²) in [6, 6.07) is 8.22. The van der Waals surface area contributed by atoms with E-state index in [1.165, 1.54) is 76.2 Å². The molecule has 1 aliphatic carbocycles. The molecule has 1 aromatic rings. The fraction of sp³-hybridized carbons (Fsp3) is 0.731. The summed E-state index contributed by atoms with van der Waals surface area (Å²) in [6.45, 7) is 4.98. The second-order valence-corrected chi connectivity index (χ2v) is 8.74. The van der Waals surface area contributed by atoms with Gasteiger partial charge in [-0.25, -0.2) is 4.79 Å². The van der Waals surface area contributed by atoms with Crippen LogP contribution in [0.1, 0.15) is 126 Å². The van der Waals surface area contributed by atoms with E-state index < -0.39 is 0 Å². The molecule has 0 bridgehead atoms. The molecule has 1 aliphatic rings. The molecule has 28 heavy (non-hydrogen) atoms. The first kappa shape index (κ1) is 23.0. The van der Waals surface area contributed by atoms with Gasteiger partial charge in [0.2, 0.25) is 0 Å². The van der Waals surface area contributed by atoms with Crippen LogP contribution in [-0.4, -0.2) is 12.6 Å². The first-order valence-electron chi connectivity index (χ1n) is 12.0. The van der Waals surface area contributed by atoms with E-state index >= 15 is 0 Å². The second-order valence-electron chi connectivity index (χ2n) is 8.74. The molecule has 0 aromatic heterocycles. The van der Waals surface area contributed by atoms with Crippen molar-refractivity contribution >= 4 is 5.97 Å². The summed E-state index contributed by atoms with van der Waals surface area (Å²) in [5, 5.41) is 0. The number of carbonyl (C=O) groups excluding carboxylic acids is 1. The lowest BCUT2D eigenvalue weighted by Gasteiger charge is -2.29. The summed E-state index contributed by atoms with van der Waals surface area (Å²) in [5.41, 5.74) is 2.09. The molecule has 2 heteroatoms. The molecule has 1 saturated carbocycles. The maximum atomic E-state index is 12.1. The van der Waals surface area contributed by atoms with Gasteiger partial charge in [0.25, 0.3) is 0 Å². The molecule has 0 saturated heterocycles. The van der Waals surface area contributed by atoms with Crippen LogP contribution in [0.25, 0.3) is 0 Å². The Labute approximate surface area is 173 Å². The molecule has 0 N–H and O–H groups in total. The van der Waals surface area contributed by atoms with E-state index in [4.69, 9.17) is 4.74 Å². The smallest absolute Gasteiger partial charge is 0.338 e. The standard InChI is InChI=1S/C26H42O2/c1-3-5-7-8-9-10-12-22-13-15-23(16-14-22)24-17-19-25(20-18-24)26(27)28-21-11-6-4-2/h17-20,22-23H,3-16,21H2,1-2H3. The molecule has 0 aliphatic heterocycles. The summed E-state index contributed by atoms with van der Waals surface area (Å²) < 4.78 is 5.36. The fourth-order valence-corrected chi connectivity index (χ4v) is 4.49. The summed E-state index contributed by atoms with van der Waals surface area (Å²) in [5.74, 6) is 1.44. The number of unbranched alkanes of at least 4 members (excludes halogenated alkanes) is 7. The maximum absolute atomic E-state index is 12.1. The largest absolute Gasteiger partial charge is 0.462 e. The molecule has 158 valence electrons. The zero-order chi connectivity index (χ0) is 20.0. The van der Waals surface area contributed by atoms with Gasteiger partial charge in [-0.2, -0.15) is 0 Å². The van der Waals surface area contributed by atoms with Crippen LogP contribution in [0.4, 0.5) is 0 Å². The van der Waals surface area contributed by atoms with Gasteiger partial charge in [0, 0.05) is 0 Å². The Morgan fingerprint density at radius 2 is 1.43 bits per heavy atom. The van der Waals surface area contributed by atoms with E-state index in [0.717, 1.165) is 25.2 Å². The highest BCUT2D eigenvalue weighted by Gasteiger charge is 2.22. The number of hydrogen-bond donors (Lipinski definition) is 0. The van der Waals surface area contributed by atoms with Crippen molar-refractivity contribution in [3.63, 3.8) is 0 Å². The minimum absolute atomic E-state index is 0.176. The predicted octanol–water partition coefficient (Wildman–Crippen LogP) is 8.06. The first-order valence-corrected chi connectivity index (χ1v) is 12.0. The van der Waals surface area contributed by atoms with Crippen LogP contribution in [0.5, 0.6) is 0 Å². The van der Waals surface area contributed by atoms with Gasteiger partial charge in [-0.3, -0.25) is 0 Å². The van der Waals surface area contributed by atoms with E-state index in [1.54, 1.807) is 0 Å². The lowest BCUT2D eigenvalue weighted by atomic mass is 9.77. The van der Waals surface area contributed by atoms with Gasteiger partial charge in [-0.15, -0.1) is 0 Å². The fourth-order valence-electron chi connectivity index (χ4n) is 4.49. The first-order chi connectivity index (χ1) is 13.7. The third-order valence-electron chi connectivity index (χ3n) is 6.41. The monoisotopic (exact) mass is 386 g/mol. The molecule has 0 radical (unpaired) electrons. The molecule has 1 fully saturated rings. The molecular weight excluding hydrogens is 344 g/mol. The van der Waals surface area contributed by atoms with Crippen molar-refractivity contribution in [2.75, 3.05) is 6.61 Å². The van der Waals surface area contributed by atoms with Crippen molar-refractivity contribution < 1.29 is 9.53 Å². The van der Waals surface area contributed by atoms with Gasteiger partial charge < -0.3 is 4.74 Å². The second kappa shape index (κ2) is 13.8. The zero-order valence-corrected chi connectivity index (χ0v) is 18.4. The quantitative estimate of drug-likeness (QED) is 0.253. The molecular formula is C26H42O2. The van der Waals surface area contributed by atoms with Crippen molar-refractivity contribution in [3.05, 3.63) is 35.4 Å². The highest BCUT2D eigenvalue weighted by molar-refractivity contribution is 5.89. The molecule has 0 heterocycles. The number of carbonyl (C=O) groups is 1. The number of esters is 1. The van der Waals surface area contributed by atoms with E-state index in [0.29, 0.717) is 18.1 Å². The third-order valence-corrected chi connectivity index (χ3v) is 6.41. The highest BCUT2D eigenvalue weighted by Crippen LogP contribution is 2.37. The number of benzene rings is 1. The maximum Gasteiger partial charge on any atom is 0.338 e. The molecule has 1 aromatic carbocycles. The Morgan fingerprint density at radius 3 is 2.11 bits per heavy atom. The zero-order valence-electron chi connectivity index (χ0n) is 18.4. The highest BCUT2D eigenvalue weighted by atomic mass is 16.5. The molecule has 2 nitrogen and oxygen atoms in total. The number of rotatable bonds is 13. The van der Waals surface area contributed by atoms with Crippen molar-refractivity contribution in [1.29, 1.82) is 0 Å². The Morgan fingerprint density at radius 1 is 0.821 bits per heavy atom. The van der Waals surface area contributed by atoms with Crippen molar-refractivity contribution in [2.24, 2.45) is 5.92 Å². The van der Waals surface area contributed by atoms with Gasteiger partial charge in [-0.05, 0) is 61.6 Å². The Bertz CT molecular complexity index is 526. The minimum atomic E-state index is -0.176. The van der Waals surface area contributed by atoms with Crippen LogP contribution in [0.15, 0.2) is 24.3 Å². The van der Waals surface area contributed by atoms with E-state index in [-0.39, 0.29) is 5.97 Å². The third kappa shape index (κ3) is 8.37. The average Bonchev–Trinajstić information content (AvgIpc) is 2.74. The summed E-state index contributed by atoms with van der Waals surface area (Å²) in [7, 11) is 0. The van der Waals surface area contributed by atoms with Crippen molar-refractivity contribution in [1.82, 2.24) is 0 Å². The number of ether oxygens (including phenoxy) is 1. The van der Waals surface area contributed by atoms with Gasteiger partial charge in [-0.1, -0.05) is 83.8 Å². The Kier molecular flexibility index (Phi) is 11.3. The molecule has 0 amide bonds. The molecule has 2 rings (SSSR count). The van der Waals surface area contributed by atoms with E-state index in [9.17, 15) is 4.79 Å². The molecule has 0 spiro atoms. The van der Waals surface area contributed by atoms with Gasteiger partial charge in [0.15, 0.2) is 0 Å². The van der Waals surface area contributed by atoms with Gasteiger partial charge in [0.05, 0.1) is 12.2 Å². The van der Waals surface area contributed by atoms with Crippen LogP contribution in [0.2, 0.25) is 0 Å². The van der Waals surface area contributed by atoms with Crippen molar-refractivity contribution in [3.8, 4) is 0 Å². The van der Waals surface area contributed by atoms with Crippen LogP contribution in [0, 0.1) is 5.92 Å². The van der Waals surface area contributed by atoms with Gasteiger partial charge in [0.1, 0.15) is 0 Å². The van der Waals surface area contributed by atoms with Crippen LogP contribution in [0.3, 0.4) is 0 Å². The topological polar surface area (TPSA) is 26.3 Å². The minimum Gasteiger partial charge on any atom is -0.462 e. The summed E-state index contributed by atoms with van der Waals surface area (Å²) in [4.78, 5) is 12.1. The molecule has 0 atom stereocenters. The van der Waals surface area contributed by atoms with E-state index in [1.807, 2.05) is 12.1 Å². The SMILES string of the molecule is CCCCCCCCC1CCC(c2ccc(C(=O)OCCCCC)cc2)CC1. The average molecular weight is 387 g/mol. The Balaban J connectivity index is 1.66. The lowest BCUT2D eigenvalue weighted by Crippen LogP contribution is -2.13. The van der Waals surface area contributed by atoms with E-state index in [2.05, 4.69) is 26.0 Å². The normalized spacial score (nSPS) is 19.5. The lowest BCUT2D eigenvalue weighted by molar-refractivity contribution is 0.0498. The van der Waals surface area contributed by atoms with Gasteiger partial charge >= 0.3 is 5.97 Å². The van der Waals surface area contributed by atoms with Crippen molar-refractivity contribution in [2.45, 2.75) is 110 Å². The predicted molar refractivity (Wildman–Crippen MR) is 119 cm³/mol.